The molecule has 6 nitrogen and oxygen atoms in total. The highest BCUT2D eigenvalue weighted by molar-refractivity contribution is 14.2. The third-order valence-corrected chi connectivity index (χ3v) is 2.65. The van der Waals surface area contributed by atoms with Gasteiger partial charge in [0.05, 0.1) is 3.57 Å². The Hall–Kier alpha value is -0.580. The molecule has 0 bridgehead atoms. The molecule has 4 N–H and O–H groups in total. The van der Waals surface area contributed by atoms with Crippen molar-refractivity contribution in [3.8, 4) is 0 Å². The van der Waals surface area contributed by atoms with Gasteiger partial charge in [0.1, 0.15) is 0 Å². The summed E-state index contributed by atoms with van der Waals surface area (Å²) in [5, 5.41) is 8.21. The molecule has 0 atom stereocenters. The molecule has 0 fully saturated rings. The fourth-order valence-electron chi connectivity index (χ4n) is 0.518. The molecular weight excluding hydrogens is 323 g/mol. The number of benzene rings is 1. The average molecular weight is 332 g/mol. The lowest BCUT2D eigenvalue weighted by molar-refractivity contribution is 0.599. The van der Waals surface area contributed by atoms with E-state index < -0.39 is 30.0 Å². The summed E-state index contributed by atoms with van der Waals surface area (Å²) in [4.78, 5) is 0. The van der Waals surface area contributed by atoms with E-state index in [4.69, 9.17) is 0 Å². The van der Waals surface area contributed by atoms with Crippen LogP contribution in [-0.2, 0) is 16.3 Å². The SMILES string of the molecule is NS(N)(=O)=O.O=I(=O)c1ccccc1. The van der Waals surface area contributed by atoms with Gasteiger partial charge in [-0.05, 0) is 12.1 Å². The Bertz CT molecular complexity index is 424. The second-order valence-electron chi connectivity index (χ2n) is 2.10. The van der Waals surface area contributed by atoms with Crippen molar-refractivity contribution in [3.63, 3.8) is 0 Å². The first-order valence-corrected chi connectivity index (χ1v) is 7.66. The first-order valence-electron chi connectivity index (χ1n) is 3.21. The molecule has 8 heteroatoms. The van der Waals surface area contributed by atoms with Crippen molar-refractivity contribution in [1.29, 1.82) is 0 Å². The first kappa shape index (κ1) is 13.4. The van der Waals surface area contributed by atoms with Crippen LogP contribution in [0.4, 0.5) is 0 Å². The van der Waals surface area contributed by atoms with E-state index in [9.17, 15) is 14.6 Å². The minimum absolute atomic E-state index is 0.460. The van der Waals surface area contributed by atoms with Crippen molar-refractivity contribution in [1.82, 2.24) is 0 Å². The Morgan fingerprint density at radius 3 is 1.57 bits per heavy atom. The monoisotopic (exact) mass is 332 g/mol. The van der Waals surface area contributed by atoms with Crippen LogP contribution in [0, 0.1) is 3.57 Å². The summed E-state index contributed by atoms with van der Waals surface area (Å²) in [6.07, 6.45) is 0. The molecule has 1 aromatic carbocycles. The smallest absolute Gasteiger partial charge is 0.230 e. The molecule has 0 radical (unpaired) electrons. The van der Waals surface area contributed by atoms with Crippen molar-refractivity contribution in [2.75, 3.05) is 0 Å². The van der Waals surface area contributed by atoms with E-state index in [1.807, 2.05) is 0 Å². The highest BCUT2D eigenvalue weighted by Crippen LogP contribution is 2.14. The van der Waals surface area contributed by atoms with Crippen molar-refractivity contribution in [3.05, 3.63) is 33.9 Å². The zero-order chi connectivity index (χ0) is 11.2. The molecule has 1 rings (SSSR count). The van der Waals surface area contributed by atoms with E-state index in [0.717, 1.165) is 0 Å². The van der Waals surface area contributed by atoms with Gasteiger partial charge in [-0.3, -0.25) is 0 Å². The molecule has 0 spiro atoms. The van der Waals surface area contributed by atoms with Crippen LogP contribution in [0.25, 0.3) is 0 Å². The Labute approximate surface area is 88.6 Å². The van der Waals surface area contributed by atoms with Gasteiger partial charge in [0.15, 0.2) is 0 Å². The molecule has 14 heavy (non-hydrogen) atoms. The number of hydrogen-bond acceptors (Lipinski definition) is 4. The normalized spacial score (nSPS) is 10.5. The minimum atomic E-state index is -3.67. The lowest BCUT2D eigenvalue weighted by atomic mass is 10.4. The van der Waals surface area contributed by atoms with Gasteiger partial charge in [0.25, 0.3) is 10.2 Å². The van der Waals surface area contributed by atoms with Gasteiger partial charge in [-0.1, -0.05) is 18.2 Å². The van der Waals surface area contributed by atoms with E-state index in [1.165, 1.54) is 0 Å². The summed E-state index contributed by atoms with van der Waals surface area (Å²) in [5.41, 5.74) is 0. The van der Waals surface area contributed by atoms with Gasteiger partial charge in [0.2, 0.25) is 0 Å². The van der Waals surface area contributed by atoms with Crippen molar-refractivity contribution in [2.24, 2.45) is 10.3 Å². The topological polar surface area (TPSA) is 120 Å². The Morgan fingerprint density at radius 2 is 1.36 bits per heavy atom. The summed E-state index contributed by atoms with van der Waals surface area (Å²) in [5.74, 6) is 0. The quantitative estimate of drug-likeness (QED) is 0.714. The van der Waals surface area contributed by atoms with Gasteiger partial charge in [-0.15, -0.1) is 0 Å². The molecule has 0 unspecified atom stereocenters. The van der Waals surface area contributed by atoms with Crippen molar-refractivity contribution >= 4 is 30.0 Å². The maximum atomic E-state index is 10.3. The largest absolute Gasteiger partial charge is 0.340 e. The maximum absolute atomic E-state index is 10.3. The molecule has 0 aromatic heterocycles. The minimum Gasteiger partial charge on any atom is -0.230 e. The second-order valence-corrected chi connectivity index (χ2v) is 5.77. The summed E-state index contributed by atoms with van der Waals surface area (Å²) in [7, 11) is -3.67. The molecule has 0 heterocycles. The molecule has 80 valence electrons. The summed E-state index contributed by atoms with van der Waals surface area (Å²) >= 11 is -3.18. The molecule has 0 aliphatic rings. The standard InChI is InChI=1S/C6H5IO2.H4N2O2S/c8-7(9)6-4-2-1-3-5-6;1-5(2,3)4/h1-5H;(H4,1,2,3,4). The fourth-order valence-corrected chi connectivity index (χ4v) is 1.52. The molecule has 0 saturated heterocycles. The summed E-state index contributed by atoms with van der Waals surface area (Å²) in [6.45, 7) is 0. The average Bonchev–Trinajstić information content (AvgIpc) is 2.03. The number of halogens is 1. The second kappa shape index (κ2) is 6.01. The van der Waals surface area contributed by atoms with Crippen molar-refractivity contribution in [2.45, 2.75) is 0 Å². The molecule has 0 saturated carbocycles. The highest BCUT2D eigenvalue weighted by atomic mass is 127. The third kappa shape index (κ3) is 9.51. The molecular formula is C6H9IN2O4S. The maximum Gasteiger partial charge on any atom is 0.340 e. The van der Waals surface area contributed by atoms with Crippen LogP contribution in [0.3, 0.4) is 0 Å². The summed E-state index contributed by atoms with van der Waals surface area (Å²) in [6, 6.07) is 8.43. The predicted octanol–water partition coefficient (Wildman–Crippen LogP) is 0.202. The van der Waals surface area contributed by atoms with Gasteiger partial charge in [-0.2, -0.15) is 8.42 Å². The van der Waals surface area contributed by atoms with Crippen molar-refractivity contribution < 1.29 is 14.6 Å². The van der Waals surface area contributed by atoms with Crippen LogP contribution < -0.4 is 10.3 Å². The number of rotatable bonds is 1. The lowest BCUT2D eigenvalue weighted by Gasteiger charge is -1.81. The molecule has 1 aromatic rings. The zero-order valence-electron chi connectivity index (χ0n) is 6.96. The van der Waals surface area contributed by atoms with Crippen LogP contribution >= 0.6 is 19.8 Å². The van der Waals surface area contributed by atoms with E-state index in [1.54, 1.807) is 30.3 Å². The number of nitrogens with two attached hydrogens (primary N) is 2. The summed E-state index contributed by atoms with van der Waals surface area (Å²) < 4.78 is 39.5. The van der Waals surface area contributed by atoms with Crippen LogP contribution in [0.5, 0.6) is 0 Å². The van der Waals surface area contributed by atoms with E-state index in [-0.39, 0.29) is 0 Å². The third-order valence-electron chi connectivity index (χ3n) is 0.911. The number of hydrogen-bond donors (Lipinski definition) is 2. The Morgan fingerprint density at radius 1 is 1.00 bits per heavy atom. The van der Waals surface area contributed by atoms with Gasteiger partial charge in [0, 0.05) is 0 Å². The van der Waals surface area contributed by atoms with Gasteiger partial charge >= 0.3 is 19.8 Å². The molecule has 0 aliphatic carbocycles. The predicted molar refractivity (Wildman–Crippen MR) is 57.8 cm³/mol. The fraction of sp³-hybridized carbons (Fsp3) is 0. The van der Waals surface area contributed by atoms with Gasteiger partial charge in [-0.25, -0.2) is 16.4 Å². The van der Waals surface area contributed by atoms with Crippen LogP contribution in [-0.4, -0.2) is 8.42 Å². The van der Waals surface area contributed by atoms with E-state index in [0.29, 0.717) is 3.57 Å². The van der Waals surface area contributed by atoms with Crippen LogP contribution in [0.2, 0.25) is 0 Å². The Kier molecular flexibility index (Phi) is 5.76. The highest BCUT2D eigenvalue weighted by Gasteiger charge is 1.91. The Balaban J connectivity index is 0.000000292. The van der Waals surface area contributed by atoms with Crippen LogP contribution in [0.15, 0.2) is 30.3 Å². The lowest BCUT2D eigenvalue weighted by Crippen LogP contribution is -2.21. The van der Waals surface area contributed by atoms with Crippen LogP contribution in [0.1, 0.15) is 0 Å². The zero-order valence-corrected chi connectivity index (χ0v) is 9.93. The van der Waals surface area contributed by atoms with E-state index >= 15 is 0 Å². The molecule has 0 aliphatic heterocycles. The van der Waals surface area contributed by atoms with E-state index in [2.05, 4.69) is 10.3 Å². The van der Waals surface area contributed by atoms with Gasteiger partial charge < -0.3 is 0 Å². The molecule has 0 amide bonds. The first-order chi connectivity index (χ1) is 6.30.